The molecule has 1 fully saturated rings. The number of carboxylic acids is 1. The summed E-state index contributed by atoms with van der Waals surface area (Å²) in [7, 11) is 0. The van der Waals surface area contributed by atoms with E-state index in [9.17, 15) is 9.90 Å². The molecule has 3 rings (SSSR count). The number of thioether (sulfide) groups is 1. The molecule has 0 atom stereocenters. The molecular formula is C14H17N3O2S. The Morgan fingerprint density at radius 1 is 1.35 bits per heavy atom. The summed E-state index contributed by atoms with van der Waals surface area (Å²) >= 11 is 1.93. The Morgan fingerprint density at radius 2 is 2.10 bits per heavy atom. The van der Waals surface area contributed by atoms with E-state index in [-0.39, 0.29) is 5.56 Å². The van der Waals surface area contributed by atoms with Crippen LogP contribution in [0.3, 0.4) is 0 Å². The van der Waals surface area contributed by atoms with Gasteiger partial charge >= 0.3 is 5.97 Å². The molecule has 0 unspecified atom stereocenters. The minimum atomic E-state index is -0.950. The van der Waals surface area contributed by atoms with E-state index in [1.807, 2.05) is 22.5 Å². The molecule has 1 N–H and O–H groups in total. The predicted molar refractivity (Wildman–Crippen MR) is 79.3 cm³/mol. The zero-order valence-electron chi connectivity index (χ0n) is 11.3. The summed E-state index contributed by atoms with van der Waals surface area (Å²) in [6.07, 6.45) is 6.70. The standard InChI is InChI=1S/C14H17N3O2S/c1-20-10-7-5-9(6-8-10)17-12-4-2-3-11(14(18)19)13(12)15-16-17/h2-4,9-10H,5-8H2,1H3,(H,18,19). The number of carboxylic acid groups (broad SMARTS) is 1. The first kappa shape index (κ1) is 13.4. The molecule has 20 heavy (non-hydrogen) atoms. The van der Waals surface area contributed by atoms with Gasteiger partial charge in [-0.1, -0.05) is 11.3 Å². The Hall–Kier alpha value is -1.56. The number of rotatable bonds is 3. The summed E-state index contributed by atoms with van der Waals surface area (Å²) in [5, 5.41) is 18.2. The number of hydrogen-bond acceptors (Lipinski definition) is 4. The van der Waals surface area contributed by atoms with Gasteiger partial charge in [0.2, 0.25) is 0 Å². The zero-order chi connectivity index (χ0) is 14.1. The van der Waals surface area contributed by atoms with Crippen LogP contribution in [0.25, 0.3) is 11.0 Å². The Morgan fingerprint density at radius 3 is 2.75 bits per heavy atom. The zero-order valence-corrected chi connectivity index (χ0v) is 12.1. The van der Waals surface area contributed by atoms with Gasteiger partial charge in [0, 0.05) is 5.25 Å². The highest BCUT2D eigenvalue weighted by molar-refractivity contribution is 7.99. The first-order valence-electron chi connectivity index (χ1n) is 6.80. The average Bonchev–Trinajstić information content (AvgIpc) is 2.91. The fraction of sp³-hybridized carbons (Fsp3) is 0.500. The maximum atomic E-state index is 11.2. The predicted octanol–water partition coefficient (Wildman–Crippen LogP) is 2.98. The minimum absolute atomic E-state index is 0.228. The summed E-state index contributed by atoms with van der Waals surface area (Å²) in [6, 6.07) is 5.59. The van der Waals surface area contributed by atoms with Crippen LogP contribution in [0.1, 0.15) is 42.1 Å². The summed E-state index contributed by atoms with van der Waals surface area (Å²) in [5.41, 5.74) is 1.55. The van der Waals surface area contributed by atoms with Crippen molar-refractivity contribution < 1.29 is 9.90 Å². The van der Waals surface area contributed by atoms with Crippen molar-refractivity contribution in [2.24, 2.45) is 0 Å². The Balaban J connectivity index is 1.94. The molecule has 6 heteroatoms. The fourth-order valence-electron chi connectivity index (χ4n) is 2.93. The van der Waals surface area contributed by atoms with Crippen molar-refractivity contribution in [3.05, 3.63) is 23.8 Å². The van der Waals surface area contributed by atoms with Crippen LogP contribution in [-0.4, -0.2) is 37.6 Å². The van der Waals surface area contributed by atoms with Gasteiger partial charge in [0.1, 0.15) is 5.52 Å². The van der Waals surface area contributed by atoms with Crippen molar-refractivity contribution >= 4 is 28.8 Å². The lowest BCUT2D eigenvalue weighted by atomic mass is 9.95. The van der Waals surface area contributed by atoms with E-state index in [1.54, 1.807) is 12.1 Å². The molecule has 1 aliphatic rings. The van der Waals surface area contributed by atoms with Crippen molar-refractivity contribution in [2.75, 3.05) is 6.26 Å². The van der Waals surface area contributed by atoms with Crippen molar-refractivity contribution in [2.45, 2.75) is 37.0 Å². The van der Waals surface area contributed by atoms with E-state index in [2.05, 4.69) is 16.6 Å². The van der Waals surface area contributed by atoms with Gasteiger partial charge in [-0.05, 0) is 44.1 Å². The third-order valence-electron chi connectivity index (χ3n) is 4.06. The second-order valence-electron chi connectivity index (χ2n) is 5.18. The van der Waals surface area contributed by atoms with Gasteiger partial charge in [0.05, 0.1) is 17.1 Å². The summed E-state index contributed by atoms with van der Waals surface area (Å²) < 4.78 is 1.92. The number of hydrogen-bond donors (Lipinski definition) is 1. The number of aromatic nitrogens is 3. The van der Waals surface area contributed by atoms with Crippen LogP contribution in [0.2, 0.25) is 0 Å². The molecule has 0 spiro atoms. The monoisotopic (exact) mass is 291 g/mol. The van der Waals surface area contributed by atoms with E-state index >= 15 is 0 Å². The lowest BCUT2D eigenvalue weighted by Crippen LogP contribution is -2.20. The quantitative estimate of drug-likeness (QED) is 0.941. The second-order valence-corrected chi connectivity index (χ2v) is 6.32. The van der Waals surface area contributed by atoms with Crippen LogP contribution in [0.5, 0.6) is 0 Å². The molecule has 1 aliphatic carbocycles. The molecule has 1 aromatic heterocycles. The molecule has 1 aromatic carbocycles. The number of aromatic carboxylic acids is 1. The van der Waals surface area contributed by atoms with Gasteiger partial charge < -0.3 is 5.11 Å². The van der Waals surface area contributed by atoms with Crippen molar-refractivity contribution in [1.82, 2.24) is 15.0 Å². The maximum absolute atomic E-state index is 11.2. The van der Waals surface area contributed by atoms with Crippen molar-refractivity contribution in [3.8, 4) is 0 Å². The third kappa shape index (κ3) is 2.28. The van der Waals surface area contributed by atoms with Crippen LogP contribution < -0.4 is 0 Å². The van der Waals surface area contributed by atoms with Crippen LogP contribution in [0.4, 0.5) is 0 Å². The highest BCUT2D eigenvalue weighted by Gasteiger charge is 2.24. The Kier molecular flexibility index (Phi) is 3.65. The van der Waals surface area contributed by atoms with Gasteiger partial charge in [-0.2, -0.15) is 11.8 Å². The molecule has 0 amide bonds. The minimum Gasteiger partial charge on any atom is -0.478 e. The molecule has 5 nitrogen and oxygen atoms in total. The second kappa shape index (κ2) is 5.44. The molecule has 0 bridgehead atoms. The normalized spacial score (nSPS) is 23.1. The first-order chi connectivity index (χ1) is 9.70. The molecule has 0 aliphatic heterocycles. The smallest absolute Gasteiger partial charge is 0.338 e. The van der Waals surface area contributed by atoms with Gasteiger partial charge in [-0.3, -0.25) is 0 Å². The third-order valence-corrected chi connectivity index (χ3v) is 5.19. The van der Waals surface area contributed by atoms with E-state index in [1.165, 1.54) is 12.8 Å². The lowest BCUT2D eigenvalue weighted by molar-refractivity contribution is 0.0699. The molecule has 0 saturated heterocycles. The van der Waals surface area contributed by atoms with Gasteiger partial charge in [-0.15, -0.1) is 5.10 Å². The van der Waals surface area contributed by atoms with Crippen LogP contribution in [0.15, 0.2) is 18.2 Å². The van der Waals surface area contributed by atoms with Crippen LogP contribution in [0, 0.1) is 0 Å². The van der Waals surface area contributed by atoms with Crippen molar-refractivity contribution in [1.29, 1.82) is 0 Å². The average molecular weight is 291 g/mol. The topological polar surface area (TPSA) is 68.0 Å². The lowest BCUT2D eigenvalue weighted by Gasteiger charge is -2.27. The number of nitrogens with zero attached hydrogens (tertiary/aromatic N) is 3. The first-order valence-corrected chi connectivity index (χ1v) is 8.09. The molecule has 0 radical (unpaired) electrons. The van der Waals surface area contributed by atoms with Gasteiger partial charge in [-0.25, -0.2) is 9.48 Å². The van der Waals surface area contributed by atoms with Gasteiger partial charge in [0.15, 0.2) is 0 Å². The number of carbonyl (C=O) groups is 1. The largest absolute Gasteiger partial charge is 0.478 e. The van der Waals surface area contributed by atoms with E-state index in [4.69, 9.17) is 0 Å². The molecule has 1 heterocycles. The highest BCUT2D eigenvalue weighted by Crippen LogP contribution is 2.34. The fourth-order valence-corrected chi connectivity index (χ4v) is 3.67. The number of fused-ring (bicyclic) bond motifs is 1. The maximum Gasteiger partial charge on any atom is 0.338 e. The molecule has 1 saturated carbocycles. The Bertz CT molecular complexity index is 632. The van der Waals surface area contributed by atoms with Crippen LogP contribution >= 0.6 is 11.8 Å². The van der Waals surface area contributed by atoms with Crippen molar-refractivity contribution in [3.63, 3.8) is 0 Å². The van der Waals surface area contributed by atoms with Gasteiger partial charge in [0.25, 0.3) is 0 Å². The molecule has 106 valence electrons. The number of benzene rings is 1. The molecule has 2 aromatic rings. The van der Waals surface area contributed by atoms with Crippen LogP contribution in [-0.2, 0) is 0 Å². The van der Waals surface area contributed by atoms with E-state index < -0.39 is 5.97 Å². The summed E-state index contributed by atoms with van der Waals surface area (Å²) in [5.74, 6) is -0.950. The van der Waals surface area contributed by atoms with E-state index in [0.29, 0.717) is 11.6 Å². The SMILES string of the molecule is CSC1CCC(n2nnc3c(C(=O)O)cccc32)CC1. The summed E-state index contributed by atoms with van der Waals surface area (Å²) in [4.78, 5) is 11.2. The van der Waals surface area contributed by atoms with E-state index in [0.717, 1.165) is 23.6 Å². The Labute approximate surface area is 121 Å². The highest BCUT2D eigenvalue weighted by atomic mass is 32.2. The summed E-state index contributed by atoms with van der Waals surface area (Å²) in [6.45, 7) is 0. The molecular weight excluding hydrogens is 274 g/mol.